The molecule has 2 fully saturated rings. The van der Waals surface area contributed by atoms with Crippen LogP contribution in [0.15, 0.2) is 24.3 Å². The van der Waals surface area contributed by atoms with Crippen LogP contribution in [0.2, 0.25) is 0 Å². The first kappa shape index (κ1) is 10.7. The molecule has 17 heavy (non-hydrogen) atoms. The minimum atomic E-state index is -0.759. The van der Waals surface area contributed by atoms with Gasteiger partial charge < -0.3 is 9.84 Å². The van der Waals surface area contributed by atoms with Crippen LogP contribution < -0.4 is 0 Å². The molecule has 0 aromatic heterocycles. The first-order valence-electron chi connectivity index (χ1n) is 5.68. The molecule has 0 unspecified atom stereocenters. The molecule has 0 atom stereocenters. The molecule has 0 amide bonds. The smallest absolute Gasteiger partial charge is 0.310 e. The standard InChI is InChI=1S/C13H13FO3/c14-10-3-1-9(2-4-10)13(7-17-8-13)12(5-6-12)11(15)16/h1-4H,5-8H2,(H,15,16). The van der Waals surface area contributed by atoms with Gasteiger partial charge in [-0.05, 0) is 30.5 Å². The van der Waals surface area contributed by atoms with Crippen LogP contribution >= 0.6 is 0 Å². The first-order chi connectivity index (χ1) is 8.11. The third kappa shape index (κ3) is 1.27. The third-order valence-electron chi connectivity index (χ3n) is 4.17. The van der Waals surface area contributed by atoms with Gasteiger partial charge >= 0.3 is 5.97 Å². The monoisotopic (exact) mass is 236 g/mol. The van der Waals surface area contributed by atoms with E-state index in [4.69, 9.17) is 4.74 Å². The number of carbonyl (C=O) groups is 1. The lowest BCUT2D eigenvalue weighted by Crippen LogP contribution is -2.56. The Morgan fingerprint density at radius 3 is 2.18 bits per heavy atom. The van der Waals surface area contributed by atoms with Crippen molar-refractivity contribution in [2.45, 2.75) is 18.3 Å². The van der Waals surface area contributed by atoms with Crippen molar-refractivity contribution in [3.63, 3.8) is 0 Å². The molecule has 2 aliphatic rings. The highest BCUT2D eigenvalue weighted by Crippen LogP contribution is 2.62. The average Bonchev–Trinajstić information content (AvgIpc) is 3.01. The molecule has 0 bridgehead atoms. The van der Waals surface area contributed by atoms with Crippen LogP contribution in [0, 0.1) is 11.2 Å². The molecule has 0 spiro atoms. The summed E-state index contributed by atoms with van der Waals surface area (Å²) in [6.45, 7) is 0.843. The van der Waals surface area contributed by atoms with Crippen LogP contribution in [0.3, 0.4) is 0 Å². The normalized spacial score (nSPS) is 23.8. The fourth-order valence-electron chi connectivity index (χ4n) is 2.82. The van der Waals surface area contributed by atoms with Crippen molar-refractivity contribution in [3.8, 4) is 0 Å². The number of rotatable bonds is 3. The summed E-state index contributed by atoms with van der Waals surface area (Å²) in [5.74, 6) is -1.06. The van der Waals surface area contributed by atoms with E-state index in [-0.39, 0.29) is 5.82 Å². The van der Waals surface area contributed by atoms with Crippen LogP contribution in [0.25, 0.3) is 0 Å². The fraction of sp³-hybridized carbons (Fsp3) is 0.462. The van der Waals surface area contributed by atoms with Crippen LogP contribution in [0.1, 0.15) is 18.4 Å². The van der Waals surface area contributed by atoms with Crippen molar-refractivity contribution in [2.24, 2.45) is 5.41 Å². The molecule has 1 N–H and O–H groups in total. The lowest BCUT2D eigenvalue weighted by Gasteiger charge is -2.46. The molecule has 3 rings (SSSR count). The Kier molecular flexibility index (Phi) is 2.08. The SMILES string of the molecule is O=C(O)C1(C2(c3ccc(F)cc3)COC2)CC1. The Bertz CT molecular complexity index is 458. The third-order valence-corrected chi connectivity index (χ3v) is 4.17. The highest BCUT2D eigenvalue weighted by Gasteiger charge is 2.68. The Balaban J connectivity index is 2.03. The molecule has 3 nitrogen and oxygen atoms in total. The number of hydrogen-bond acceptors (Lipinski definition) is 2. The van der Waals surface area contributed by atoms with E-state index in [2.05, 4.69) is 0 Å². The molecule has 4 heteroatoms. The van der Waals surface area contributed by atoms with Crippen LogP contribution in [-0.2, 0) is 14.9 Å². The number of carboxylic acid groups (broad SMARTS) is 1. The van der Waals surface area contributed by atoms with Gasteiger partial charge in [-0.25, -0.2) is 4.39 Å². The Morgan fingerprint density at radius 1 is 1.24 bits per heavy atom. The molecule has 1 aliphatic heterocycles. The van der Waals surface area contributed by atoms with E-state index in [0.29, 0.717) is 26.1 Å². The maximum Gasteiger partial charge on any atom is 0.310 e. The van der Waals surface area contributed by atoms with Crippen molar-refractivity contribution in [1.82, 2.24) is 0 Å². The topological polar surface area (TPSA) is 46.5 Å². The maximum absolute atomic E-state index is 12.9. The Hall–Kier alpha value is -1.42. The van der Waals surface area contributed by atoms with Gasteiger partial charge in [0.05, 0.1) is 24.0 Å². The summed E-state index contributed by atoms with van der Waals surface area (Å²) in [4.78, 5) is 11.4. The number of aliphatic carboxylic acids is 1. The second-order valence-corrected chi connectivity index (χ2v) is 4.97. The Morgan fingerprint density at radius 2 is 1.82 bits per heavy atom. The molecule has 1 aliphatic carbocycles. The molecule has 0 radical (unpaired) electrons. The minimum Gasteiger partial charge on any atom is -0.481 e. The molecule has 1 saturated carbocycles. The summed E-state index contributed by atoms with van der Waals surface area (Å²) < 4.78 is 18.2. The number of hydrogen-bond donors (Lipinski definition) is 1. The summed E-state index contributed by atoms with van der Waals surface area (Å²) >= 11 is 0. The molecule has 1 heterocycles. The summed E-state index contributed by atoms with van der Waals surface area (Å²) in [6.07, 6.45) is 1.37. The van der Waals surface area contributed by atoms with Gasteiger partial charge in [0.25, 0.3) is 0 Å². The van der Waals surface area contributed by atoms with E-state index in [9.17, 15) is 14.3 Å². The summed E-state index contributed by atoms with van der Waals surface area (Å²) in [6, 6.07) is 6.13. The Labute approximate surface area is 98.2 Å². The van der Waals surface area contributed by atoms with Crippen LogP contribution in [0.4, 0.5) is 4.39 Å². The van der Waals surface area contributed by atoms with E-state index in [1.807, 2.05) is 0 Å². The second-order valence-electron chi connectivity index (χ2n) is 4.97. The van der Waals surface area contributed by atoms with Crippen molar-refractivity contribution >= 4 is 5.97 Å². The maximum atomic E-state index is 12.9. The van der Waals surface area contributed by atoms with Gasteiger partial charge in [-0.1, -0.05) is 12.1 Å². The summed E-state index contributed by atoms with van der Waals surface area (Å²) in [5.41, 5.74) is -0.264. The molecule has 1 saturated heterocycles. The van der Waals surface area contributed by atoms with Crippen LogP contribution in [-0.4, -0.2) is 24.3 Å². The largest absolute Gasteiger partial charge is 0.481 e. The van der Waals surface area contributed by atoms with E-state index in [1.54, 1.807) is 12.1 Å². The van der Waals surface area contributed by atoms with Gasteiger partial charge in [0.15, 0.2) is 0 Å². The number of benzene rings is 1. The van der Waals surface area contributed by atoms with Gasteiger partial charge in [-0.15, -0.1) is 0 Å². The van der Waals surface area contributed by atoms with Gasteiger partial charge in [0.2, 0.25) is 0 Å². The van der Waals surface area contributed by atoms with E-state index in [0.717, 1.165) is 5.56 Å². The zero-order valence-electron chi connectivity index (χ0n) is 9.28. The number of ether oxygens (including phenoxy) is 1. The van der Waals surface area contributed by atoms with E-state index >= 15 is 0 Å². The zero-order chi connectivity index (χ0) is 12.1. The van der Waals surface area contributed by atoms with Gasteiger partial charge in [-0.3, -0.25) is 4.79 Å². The summed E-state index contributed by atoms with van der Waals surface area (Å²) in [7, 11) is 0. The van der Waals surface area contributed by atoms with E-state index < -0.39 is 16.8 Å². The van der Waals surface area contributed by atoms with Gasteiger partial charge in [0, 0.05) is 0 Å². The van der Waals surface area contributed by atoms with Crippen molar-refractivity contribution in [2.75, 3.05) is 13.2 Å². The minimum absolute atomic E-state index is 0.302. The number of halogens is 1. The van der Waals surface area contributed by atoms with Gasteiger partial charge in [-0.2, -0.15) is 0 Å². The van der Waals surface area contributed by atoms with Crippen molar-refractivity contribution in [3.05, 3.63) is 35.6 Å². The number of carboxylic acids is 1. The molecular weight excluding hydrogens is 223 g/mol. The molecule has 1 aromatic rings. The molecule has 1 aromatic carbocycles. The van der Waals surface area contributed by atoms with Crippen molar-refractivity contribution < 1.29 is 19.0 Å². The highest BCUT2D eigenvalue weighted by molar-refractivity contribution is 5.81. The first-order valence-corrected chi connectivity index (χ1v) is 5.68. The quantitative estimate of drug-likeness (QED) is 0.872. The average molecular weight is 236 g/mol. The summed E-state index contributed by atoms with van der Waals surface area (Å²) in [5, 5.41) is 9.39. The predicted molar refractivity (Wildman–Crippen MR) is 58.2 cm³/mol. The van der Waals surface area contributed by atoms with Crippen LogP contribution in [0.5, 0.6) is 0 Å². The van der Waals surface area contributed by atoms with Gasteiger partial charge in [0.1, 0.15) is 5.82 Å². The highest BCUT2D eigenvalue weighted by atomic mass is 19.1. The van der Waals surface area contributed by atoms with Crippen molar-refractivity contribution in [1.29, 1.82) is 0 Å². The molecule has 90 valence electrons. The molecular formula is C13H13FO3. The lowest BCUT2D eigenvalue weighted by molar-refractivity contribution is -0.161. The lowest BCUT2D eigenvalue weighted by atomic mass is 9.66. The predicted octanol–water partition coefficient (Wildman–Crippen LogP) is 1.96. The van der Waals surface area contributed by atoms with E-state index in [1.165, 1.54) is 12.1 Å². The second kappa shape index (κ2) is 3.29. The zero-order valence-corrected chi connectivity index (χ0v) is 9.28. The fourth-order valence-corrected chi connectivity index (χ4v) is 2.82.